The molecule has 21 heavy (non-hydrogen) atoms. The number of thiol groups is 1. The smallest absolute Gasteiger partial charge is 0.307 e. The van der Waals surface area contributed by atoms with Crippen molar-refractivity contribution in [1.82, 2.24) is 0 Å². The molecule has 2 aliphatic carbocycles. The molecule has 0 radical (unpaired) electrons. The third kappa shape index (κ3) is 4.18. The molecule has 0 aromatic rings. The molecule has 2 aliphatic rings. The van der Waals surface area contributed by atoms with E-state index >= 15 is 0 Å². The Morgan fingerprint density at radius 2 is 1.48 bits per heavy atom. The number of rotatable bonds is 6. The summed E-state index contributed by atoms with van der Waals surface area (Å²) in [4.78, 5) is 12.2. The van der Waals surface area contributed by atoms with Crippen LogP contribution in [-0.2, 0) is 9.53 Å². The fourth-order valence-electron chi connectivity index (χ4n) is 4.69. The summed E-state index contributed by atoms with van der Waals surface area (Å²) in [6.45, 7) is 2.23. The minimum atomic E-state index is -0.180. The van der Waals surface area contributed by atoms with Crippen LogP contribution in [0.2, 0.25) is 0 Å². The van der Waals surface area contributed by atoms with E-state index in [-0.39, 0.29) is 11.6 Å². The number of carbonyl (C=O) groups is 1. The quantitative estimate of drug-likeness (QED) is 0.541. The molecule has 0 bridgehead atoms. The molecule has 0 aliphatic heterocycles. The van der Waals surface area contributed by atoms with Crippen LogP contribution >= 0.6 is 12.6 Å². The highest BCUT2D eigenvalue weighted by Gasteiger charge is 2.47. The SMILES string of the molecule is CCC(OC(=O)CCS)(C1CCCCC1)C1CCCCC1. The average Bonchev–Trinajstić information content (AvgIpc) is 2.54. The van der Waals surface area contributed by atoms with Crippen molar-refractivity contribution in [1.29, 1.82) is 0 Å². The second-order valence-corrected chi connectivity index (χ2v) is 7.37. The summed E-state index contributed by atoms with van der Waals surface area (Å²) in [5, 5.41) is 0. The summed E-state index contributed by atoms with van der Waals surface area (Å²) in [6.07, 6.45) is 14.4. The lowest BCUT2D eigenvalue weighted by molar-refractivity contribution is -0.181. The van der Waals surface area contributed by atoms with E-state index in [9.17, 15) is 4.79 Å². The molecule has 0 N–H and O–H groups in total. The third-order valence-corrected chi connectivity index (χ3v) is 5.99. The van der Waals surface area contributed by atoms with Crippen LogP contribution in [0.15, 0.2) is 0 Å². The molecule has 0 unspecified atom stereocenters. The predicted molar refractivity (Wildman–Crippen MR) is 90.7 cm³/mol. The molecule has 2 rings (SSSR count). The van der Waals surface area contributed by atoms with Gasteiger partial charge in [0.25, 0.3) is 0 Å². The number of carbonyl (C=O) groups excluding carboxylic acids is 1. The van der Waals surface area contributed by atoms with E-state index in [4.69, 9.17) is 4.74 Å². The summed E-state index contributed by atoms with van der Waals surface area (Å²) >= 11 is 4.19. The minimum Gasteiger partial charge on any atom is -0.458 e. The van der Waals surface area contributed by atoms with Crippen LogP contribution < -0.4 is 0 Å². The zero-order valence-corrected chi connectivity index (χ0v) is 14.5. The molecular weight excluding hydrogens is 280 g/mol. The Kier molecular flexibility index (Phi) is 6.91. The molecule has 0 heterocycles. The second-order valence-electron chi connectivity index (χ2n) is 6.93. The molecule has 0 amide bonds. The maximum absolute atomic E-state index is 12.2. The van der Waals surface area contributed by atoms with Crippen LogP contribution in [0, 0.1) is 11.8 Å². The molecule has 122 valence electrons. The van der Waals surface area contributed by atoms with Crippen molar-refractivity contribution in [2.45, 2.75) is 89.6 Å². The van der Waals surface area contributed by atoms with Crippen molar-refractivity contribution in [2.75, 3.05) is 5.75 Å². The summed E-state index contributed by atoms with van der Waals surface area (Å²) in [7, 11) is 0. The normalized spacial score (nSPS) is 22.2. The Morgan fingerprint density at radius 1 is 1.00 bits per heavy atom. The Labute approximate surface area is 135 Å². The van der Waals surface area contributed by atoms with Gasteiger partial charge in [-0.3, -0.25) is 4.79 Å². The first-order valence-electron chi connectivity index (χ1n) is 9.05. The first-order chi connectivity index (χ1) is 10.2. The van der Waals surface area contributed by atoms with E-state index in [1.807, 2.05) is 0 Å². The second kappa shape index (κ2) is 8.45. The fraction of sp³-hybridized carbons (Fsp3) is 0.944. The van der Waals surface area contributed by atoms with E-state index in [0.29, 0.717) is 24.0 Å². The number of ether oxygens (including phenoxy) is 1. The molecule has 3 heteroatoms. The molecule has 0 atom stereocenters. The van der Waals surface area contributed by atoms with Gasteiger partial charge in [0.2, 0.25) is 0 Å². The highest BCUT2D eigenvalue weighted by atomic mass is 32.1. The number of esters is 1. The van der Waals surface area contributed by atoms with Crippen molar-refractivity contribution in [2.24, 2.45) is 11.8 Å². The van der Waals surface area contributed by atoms with Gasteiger partial charge in [0.1, 0.15) is 5.60 Å². The Bertz CT molecular complexity index is 299. The van der Waals surface area contributed by atoms with E-state index in [0.717, 1.165) is 6.42 Å². The maximum Gasteiger partial charge on any atom is 0.307 e. The zero-order chi connectivity index (χ0) is 15.1. The molecule has 2 saturated carbocycles. The Balaban J connectivity index is 2.18. The van der Waals surface area contributed by atoms with Gasteiger partial charge < -0.3 is 4.74 Å². The van der Waals surface area contributed by atoms with Crippen molar-refractivity contribution in [3.8, 4) is 0 Å². The maximum atomic E-state index is 12.2. The van der Waals surface area contributed by atoms with Gasteiger partial charge in [-0.15, -0.1) is 0 Å². The summed E-state index contributed by atoms with van der Waals surface area (Å²) < 4.78 is 6.22. The standard InChI is InChI=1S/C18H32O2S/c1-2-18(20-17(19)13-14-21,15-9-5-3-6-10-15)16-11-7-4-8-12-16/h15-16,21H,2-14H2,1H3. The molecule has 2 nitrogen and oxygen atoms in total. The van der Waals surface area contributed by atoms with Crippen molar-refractivity contribution >= 4 is 18.6 Å². The van der Waals surface area contributed by atoms with Crippen LogP contribution in [0.4, 0.5) is 0 Å². The zero-order valence-electron chi connectivity index (χ0n) is 13.6. The van der Waals surface area contributed by atoms with Gasteiger partial charge in [-0.1, -0.05) is 45.4 Å². The molecule has 0 saturated heterocycles. The van der Waals surface area contributed by atoms with E-state index in [1.165, 1.54) is 64.2 Å². The molecule has 0 aromatic heterocycles. The van der Waals surface area contributed by atoms with E-state index in [1.54, 1.807) is 0 Å². The summed E-state index contributed by atoms with van der Waals surface area (Å²) in [5.41, 5.74) is -0.180. The summed E-state index contributed by atoms with van der Waals surface area (Å²) in [6, 6.07) is 0. The van der Waals surface area contributed by atoms with Crippen LogP contribution in [-0.4, -0.2) is 17.3 Å². The first-order valence-corrected chi connectivity index (χ1v) is 9.69. The van der Waals surface area contributed by atoms with Crippen LogP contribution in [0.25, 0.3) is 0 Å². The van der Waals surface area contributed by atoms with Crippen molar-refractivity contribution in [3.05, 3.63) is 0 Å². The van der Waals surface area contributed by atoms with Gasteiger partial charge in [-0.25, -0.2) is 0 Å². The van der Waals surface area contributed by atoms with Gasteiger partial charge in [0.05, 0.1) is 6.42 Å². The number of hydrogen-bond acceptors (Lipinski definition) is 3. The van der Waals surface area contributed by atoms with Crippen LogP contribution in [0.1, 0.15) is 84.0 Å². The largest absolute Gasteiger partial charge is 0.458 e. The van der Waals surface area contributed by atoms with E-state index < -0.39 is 0 Å². The third-order valence-electron chi connectivity index (χ3n) is 5.76. The highest BCUT2D eigenvalue weighted by molar-refractivity contribution is 7.80. The van der Waals surface area contributed by atoms with Gasteiger partial charge in [-0.05, 0) is 43.9 Å². The Hall–Kier alpha value is -0.180. The first kappa shape index (κ1) is 17.2. The molecule has 2 fully saturated rings. The lowest BCUT2D eigenvalue weighted by atomic mass is 9.65. The molecule has 0 spiro atoms. The number of hydrogen-bond donors (Lipinski definition) is 1. The highest BCUT2D eigenvalue weighted by Crippen LogP contribution is 2.47. The van der Waals surface area contributed by atoms with E-state index in [2.05, 4.69) is 19.6 Å². The monoisotopic (exact) mass is 312 g/mol. The fourth-order valence-corrected chi connectivity index (χ4v) is 4.87. The van der Waals surface area contributed by atoms with Crippen molar-refractivity contribution < 1.29 is 9.53 Å². The van der Waals surface area contributed by atoms with Gasteiger partial charge in [-0.2, -0.15) is 12.6 Å². The minimum absolute atomic E-state index is 0.0250. The topological polar surface area (TPSA) is 26.3 Å². The summed E-state index contributed by atoms with van der Waals surface area (Å²) in [5.74, 6) is 1.74. The van der Waals surface area contributed by atoms with Gasteiger partial charge in [0.15, 0.2) is 0 Å². The van der Waals surface area contributed by atoms with Crippen LogP contribution in [0.3, 0.4) is 0 Å². The molecule has 0 aromatic carbocycles. The Morgan fingerprint density at radius 3 is 1.86 bits per heavy atom. The van der Waals surface area contributed by atoms with Gasteiger partial charge >= 0.3 is 5.97 Å². The lowest BCUT2D eigenvalue weighted by Gasteiger charge is -2.48. The molecular formula is C18H32O2S. The van der Waals surface area contributed by atoms with Crippen LogP contribution in [0.5, 0.6) is 0 Å². The van der Waals surface area contributed by atoms with Crippen molar-refractivity contribution in [3.63, 3.8) is 0 Å². The average molecular weight is 313 g/mol. The predicted octanol–water partition coefficient (Wildman–Crippen LogP) is 5.16. The van der Waals surface area contributed by atoms with Gasteiger partial charge in [0, 0.05) is 5.75 Å². The lowest BCUT2D eigenvalue weighted by Crippen LogP contribution is -2.50.